The predicted molar refractivity (Wildman–Crippen MR) is 80.5 cm³/mol. The highest BCUT2D eigenvalue weighted by molar-refractivity contribution is 6.35. The number of nitrogens with one attached hydrogen (secondary N) is 1. The van der Waals surface area contributed by atoms with Crippen LogP contribution in [0, 0.1) is 0 Å². The number of nitrogen functional groups attached to an aromatic ring is 1. The molecular formula is C13H17ClN6O2. The number of H-pyrrole nitrogens is 1. The van der Waals surface area contributed by atoms with Gasteiger partial charge >= 0.3 is 0 Å². The first-order chi connectivity index (χ1) is 10.6. The number of amides is 1. The lowest BCUT2D eigenvalue weighted by atomic mass is 10.2. The summed E-state index contributed by atoms with van der Waals surface area (Å²) >= 11 is 6.00. The van der Waals surface area contributed by atoms with Gasteiger partial charge in [0.05, 0.1) is 12.6 Å². The topological polar surface area (TPSA) is 102 Å². The van der Waals surface area contributed by atoms with Crippen molar-refractivity contribution >= 4 is 23.3 Å². The number of carbonyl (C=O) groups is 1. The molecule has 1 atom stereocenters. The zero-order valence-corrected chi connectivity index (χ0v) is 12.7. The molecule has 118 valence electrons. The predicted octanol–water partition coefficient (Wildman–Crippen LogP) is 0.773. The number of aromatic nitrogens is 4. The van der Waals surface area contributed by atoms with Crippen LogP contribution in [0.1, 0.15) is 16.9 Å². The van der Waals surface area contributed by atoms with E-state index in [-0.39, 0.29) is 28.5 Å². The minimum absolute atomic E-state index is 0.120. The second-order valence-electron chi connectivity index (χ2n) is 5.12. The van der Waals surface area contributed by atoms with E-state index in [1.54, 1.807) is 15.8 Å². The van der Waals surface area contributed by atoms with E-state index in [0.717, 1.165) is 6.42 Å². The average molecular weight is 325 g/mol. The van der Waals surface area contributed by atoms with Gasteiger partial charge in [0.15, 0.2) is 5.82 Å². The van der Waals surface area contributed by atoms with E-state index < -0.39 is 0 Å². The highest BCUT2D eigenvalue weighted by Crippen LogP contribution is 2.22. The molecule has 1 fully saturated rings. The van der Waals surface area contributed by atoms with Crippen LogP contribution in [0.3, 0.4) is 0 Å². The summed E-state index contributed by atoms with van der Waals surface area (Å²) in [7, 11) is 0. The number of halogens is 1. The van der Waals surface area contributed by atoms with Gasteiger partial charge in [-0.15, -0.1) is 0 Å². The maximum absolute atomic E-state index is 12.6. The summed E-state index contributed by atoms with van der Waals surface area (Å²) in [5.41, 5.74) is 5.80. The summed E-state index contributed by atoms with van der Waals surface area (Å²) in [6, 6.07) is 1.85. The van der Waals surface area contributed by atoms with Crippen LogP contribution in [0.4, 0.5) is 5.82 Å². The van der Waals surface area contributed by atoms with E-state index in [9.17, 15) is 4.79 Å². The van der Waals surface area contributed by atoms with Gasteiger partial charge in [-0.05, 0) is 12.5 Å². The average Bonchev–Trinajstić information content (AvgIpc) is 3.05. The van der Waals surface area contributed by atoms with Crippen molar-refractivity contribution in [3.63, 3.8) is 0 Å². The van der Waals surface area contributed by atoms with Crippen molar-refractivity contribution in [2.24, 2.45) is 0 Å². The van der Waals surface area contributed by atoms with Crippen LogP contribution in [-0.2, 0) is 11.3 Å². The molecule has 0 spiro atoms. The normalized spacial score (nSPS) is 19.1. The van der Waals surface area contributed by atoms with E-state index in [2.05, 4.69) is 15.3 Å². The molecule has 1 aliphatic rings. The maximum Gasteiger partial charge on any atom is 0.273 e. The Hall–Kier alpha value is -2.06. The van der Waals surface area contributed by atoms with Gasteiger partial charge in [0, 0.05) is 32.1 Å². The van der Waals surface area contributed by atoms with Crippen molar-refractivity contribution in [1.82, 2.24) is 24.9 Å². The van der Waals surface area contributed by atoms with Crippen molar-refractivity contribution in [1.29, 1.82) is 0 Å². The van der Waals surface area contributed by atoms with Gasteiger partial charge < -0.3 is 15.4 Å². The number of ether oxygens (including phenoxy) is 1. The van der Waals surface area contributed by atoms with Gasteiger partial charge in [-0.1, -0.05) is 11.6 Å². The molecule has 2 aromatic heterocycles. The number of nitrogens with zero attached hydrogens (tertiary/aromatic N) is 4. The molecule has 3 heterocycles. The highest BCUT2D eigenvalue weighted by Gasteiger charge is 2.27. The summed E-state index contributed by atoms with van der Waals surface area (Å²) in [6.45, 7) is 2.27. The number of hydrogen-bond donors (Lipinski definition) is 2. The Kier molecular flexibility index (Phi) is 4.30. The third-order valence-corrected chi connectivity index (χ3v) is 3.92. The fraction of sp³-hybridized carbons (Fsp3) is 0.462. The molecule has 1 saturated heterocycles. The highest BCUT2D eigenvalue weighted by atomic mass is 35.5. The van der Waals surface area contributed by atoms with Crippen molar-refractivity contribution in [3.8, 4) is 0 Å². The first-order valence-corrected chi connectivity index (χ1v) is 7.40. The molecule has 0 radical (unpaired) electrons. The number of anilines is 1. The van der Waals surface area contributed by atoms with E-state index >= 15 is 0 Å². The van der Waals surface area contributed by atoms with Crippen LogP contribution in [-0.4, -0.2) is 56.6 Å². The molecule has 0 bridgehead atoms. The van der Waals surface area contributed by atoms with E-state index in [0.29, 0.717) is 26.2 Å². The Bertz CT molecular complexity index is 641. The van der Waals surface area contributed by atoms with Crippen molar-refractivity contribution < 1.29 is 9.53 Å². The minimum Gasteiger partial charge on any atom is -0.381 e. The fourth-order valence-electron chi connectivity index (χ4n) is 2.45. The van der Waals surface area contributed by atoms with Gasteiger partial charge in [-0.25, -0.2) is 0 Å². The number of nitrogens with two attached hydrogens (primary N) is 1. The molecule has 22 heavy (non-hydrogen) atoms. The van der Waals surface area contributed by atoms with E-state index in [4.69, 9.17) is 22.1 Å². The largest absolute Gasteiger partial charge is 0.381 e. The fourth-order valence-corrected chi connectivity index (χ4v) is 2.61. The van der Waals surface area contributed by atoms with Crippen molar-refractivity contribution in [3.05, 3.63) is 29.2 Å². The van der Waals surface area contributed by atoms with Crippen LogP contribution in [0.5, 0.6) is 0 Å². The first-order valence-electron chi connectivity index (χ1n) is 7.03. The summed E-state index contributed by atoms with van der Waals surface area (Å²) in [5, 5.41) is 10.7. The van der Waals surface area contributed by atoms with E-state index in [1.165, 1.54) is 0 Å². The molecule has 1 amide bonds. The van der Waals surface area contributed by atoms with Crippen molar-refractivity contribution in [2.45, 2.75) is 19.1 Å². The lowest BCUT2D eigenvalue weighted by Gasteiger charge is -2.23. The summed E-state index contributed by atoms with van der Waals surface area (Å²) in [5.74, 6) is -0.0886. The summed E-state index contributed by atoms with van der Waals surface area (Å²) in [6.07, 6.45) is 4.23. The number of rotatable bonds is 3. The third kappa shape index (κ3) is 3.07. The van der Waals surface area contributed by atoms with Gasteiger partial charge in [0.25, 0.3) is 5.91 Å². The molecule has 8 nitrogen and oxygen atoms in total. The molecule has 0 aromatic carbocycles. The Morgan fingerprint density at radius 1 is 1.59 bits per heavy atom. The maximum atomic E-state index is 12.6. The molecule has 2 aromatic rings. The Labute approximate surface area is 132 Å². The zero-order chi connectivity index (χ0) is 15.5. The summed E-state index contributed by atoms with van der Waals surface area (Å²) < 4.78 is 7.58. The Morgan fingerprint density at radius 2 is 2.45 bits per heavy atom. The quantitative estimate of drug-likeness (QED) is 0.868. The second-order valence-corrected chi connectivity index (χ2v) is 5.50. The Morgan fingerprint density at radius 3 is 3.14 bits per heavy atom. The number of hydrogen-bond acceptors (Lipinski definition) is 5. The van der Waals surface area contributed by atoms with Gasteiger partial charge in [0.2, 0.25) is 0 Å². The number of carbonyl (C=O) groups excluding carboxylic acids is 1. The lowest BCUT2D eigenvalue weighted by Crippen LogP contribution is -2.38. The smallest absolute Gasteiger partial charge is 0.273 e. The van der Waals surface area contributed by atoms with Crippen molar-refractivity contribution in [2.75, 3.05) is 25.4 Å². The Balaban J connectivity index is 1.72. The van der Waals surface area contributed by atoms with Gasteiger partial charge in [-0.3, -0.25) is 14.6 Å². The standard InChI is InChI=1S/C13H17ClN6O2/c14-10-11(17-18-12(10)15)13(21)19-4-2-6-22-9(7-19)8-20-5-1-3-16-20/h1,3,5,9H,2,4,6-8H2,(H3,15,17,18)/t9-/m0/s1. The van der Waals surface area contributed by atoms with Gasteiger partial charge in [-0.2, -0.15) is 10.2 Å². The van der Waals surface area contributed by atoms with Crippen LogP contribution in [0.2, 0.25) is 5.02 Å². The molecule has 3 rings (SSSR count). The molecule has 1 aliphatic heterocycles. The minimum atomic E-state index is -0.217. The van der Waals surface area contributed by atoms with E-state index in [1.807, 2.05) is 12.3 Å². The molecule has 0 aliphatic carbocycles. The molecule has 0 unspecified atom stereocenters. The zero-order valence-electron chi connectivity index (χ0n) is 11.9. The monoisotopic (exact) mass is 324 g/mol. The lowest BCUT2D eigenvalue weighted by molar-refractivity contribution is 0.0365. The number of aromatic amines is 1. The molecule has 0 saturated carbocycles. The van der Waals surface area contributed by atoms with Crippen LogP contribution in [0.15, 0.2) is 18.5 Å². The molecule has 3 N–H and O–H groups in total. The molecular weight excluding hydrogens is 308 g/mol. The first kappa shape index (κ1) is 14.9. The second kappa shape index (κ2) is 6.37. The third-order valence-electron chi connectivity index (χ3n) is 3.53. The molecule has 9 heteroatoms. The van der Waals surface area contributed by atoms with Crippen LogP contribution >= 0.6 is 11.6 Å². The van der Waals surface area contributed by atoms with Crippen LogP contribution < -0.4 is 5.73 Å². The summed E-state index contributed by atoms with van der Waals surface area (Å²) in [4.78, 5) is 14.3. The van der Waals surface area contributed by atoms with Crippen LogP contribution in [0.25, 0.3) is 0 Å². The van der Waals surface area contributed by atoms with Gasteiger partial charge in [0.1, 0.15) is 10.7 Å². The SMILES string of the molecule is Nc1n[nH]c(C(=O)N2CCCO[C@H](Cn3cccn3)C2)c1Cl.